The summed E-state index contributed by atoms with van der Waals surface area (Å²) in [6.07, 6.45) is 6.75. The first-order valence-electron chi connectivity index (χ1n) is 8.82. The molecule has 1 aromatic rings. The molecule has 116 valence electrons. The van der Waals surface area contributed by atoms with Crippen molar-refractivity contribution in [2.45, 2.75) is 51.0 Å². The fourth-order valence-corrected chi connectivity index (χ4v) is 3.68. The fourth-order valence-electron chi connectivity index (χ4n) is 3.68. The van der Waals surface area contributed by atoms with Crippen LogP contribution in [0.1, 0.15) is 50.5 Å². The summed E-state index contributed by atoms with van der Waals surface area (Å²) >= 11 is 0. The number of likely N-dealkylation sites (tertiary alicyclic amines) is 1. The highest BCUT2D eigenvalue weighted by atomic mass is 15.1. The van der Waals surface area contributed by atoms with Crippen LogP contribution in [0.25, 0.3) is 0 Å². The second kappa shape index (κ2) is 7.42. The van der Waals surface area contributed by atoms with Gasteiger partial charge in [-0.05, 0) is 75.7 Å². The zero-order valence-electron chi connectivity index (χ0n) is 13.4. The van der Waals surface area contributed by atoms with Gasteiger partial charge < -0.3 is 10.2 Å². The molecule has 1 heterocycles. The van der Waals surface area contributed by atoms with Gasteiger partial charge in [-0.25, -0.2) is 0 Å². The van der Waals surface area contributed by atoms with Crippen LogP contribution in [0.4, 0.5) is 0 Å². The largest absolute Gasteiger partial charge is 0.314 e. The van der Waals surface area contributed by atoms with E-state index in [0.717, 1.165) is 17.9 Å². The Morgan fingerprint density at radius 2 is 1.81 bits per heavy atom. The standard InChI is InChI=1S/C19H30N2/c1-16-8-12-21(13-9-16)11-5-10-20-19-14-18(15-19)17-6-3-2-4-7-17/h2-4,6-7,16,18-20H,5,8-15H2,1H3. The molecule has 1 saturated heterocycles. The van der Waals surface area contributed by atoms with Crippen molar-refractivity contribution < 1.29 is 0 Å². The summed E-state index contributed by atoms with van der Waals surface area (Å²) in [6.45, 7) is 7.51. The molecule has 0 atom stereocenters. The van der Waals surface area contributed by atoms with Crippen LogP contribution in [0.3, 0.4) is 0 Å². The van der Waals surface area contributed by atoms with Crippen LogP contribution in [0.15, 0.2) is 30.3 Å². The van der Waals surface area contributed by atoms with E-state index in [-0.39, 0.29) is 0 Å². The van der Waals surface area contributed by atoms with Crippen LogP contribution in [0.5, 0.6) is 0 Å². The number of nitrogens with zero attached hydrogens (tertiary/aromatic N) is 1. The van der Waals surface area contributed by atoms with Crippen LogP contribution in [-0.4, -0.2) is 37.1 Å². The Hall–Kier alpha value is -0.860. The molecule has 0 aromatic heterocycles. The molecule has 0 bridgehead atoms. The summed E-state index contributed by atoms with van der Waals surface area (Å²) < 4.78 is 0. The predicted octanol–water partition coefficient (Wildman–Crippen LogP) is 3.64. The number of piperidine rings is 1. The lowest BCUT2D eigenvalue weighted by molar-refractivity contribution is 0.187. The summed E-state index contributed by atoms with van der Waals surface area (Å²) in [5, 5.41) is 3.74. The average Bonchev–Trinajstić information content (AvgIpc) is 2.48. The van der Waals surface area contributed by atoms with Gasteiger partial charge in [0.15, 0.2) is 0 Å². The quantitative estimate of drug-likeness (QED) is 0.803. The van der Waals surface area contributed by atoms with E-state index in [0.29, 0.717) is 0 Å². The van der Waals surface area contributed by atoms with Crippen molar-refractivity contribution in [1.82, 2.24) is 10.2 Å². The zero-order chi connectivity index (χ0) is 14.5. The highest BCUT2D eigenvalue weighted by Crippen LogP contribution is 2.36. The van der Waals surface area contributed by atoms with E-state index in [1.807, 2.05) is 0 Å². The molecule has 21 heavy (non-hydrogen) atoms. The van der Waals surface area contributed by atoms with Crippen molar-refractivity contribution in [3.8, 4) is 0 Å². The van der Waals surface area contributed by atoms with E-state index in [2.05, 4.69) is 47.5 Å². The summed E-state index contributed by atoms with van der Waals surface area (Å²) in [5.74, 6) is 1.75. The summed E-state index contributed by atoms with van der Waals surface area (Å²) in [4.78, 5) is 2.65. The van der Waals surface area contributed by atoms with Gasteiger partial charge in [-0.15, -0.1) is 0 Å². The highest BCUT2D eigenvalue weighted by Gasteiger charge is 2.29. The minimum Gasteiger partial charge on any atom is -0.314 e. The van der Waals surface area contributed by atoms with Crippen molar-refractivity contribution >= 4 is 0 Å². The van der Waals surface area contributed by atoms with Gasteiger partial charge >= 0.3 is 0 Å². The fraction of sp³-hybridized carbons (Fsp3) is 0.684. The molecule has 1 aliphatic heterocycles. The molecule has 2 aliphatic rings. The zero-order valence-corrected chi connectivity index (χ0v) is 13.4. The molecule has 1 N–H and O–H groups in total. The van der Waals surface area contributed by atoms with Gasteiger partial charge in [0.1, 0.15) is 0 Å². The Kier molecular flexibility index (Phi) is 5.32. The molecule has 3 rings (SSSR count). The van der Waals surface area contributed by atoms with Crippen molar-refractivity contribution in [3.63, 3.8) is 0 Å². The van der Waals surface area contributed by atoms with Crippen molar-refractivity contribution in [3.05, 3.63) is 35.9 Å². The number of nitrogens with one attached hydrogen (secondary N) is 1. The first kappa shape index (κ1) is 15.1. The molecule has 0 amide bonds. The molecule has 1 saturated carbocycles. The Morgan fingerprint density at radius 1 is 1.10 bits per heavy atom. The number of benzene rings is 1. The lowest BCUT2D eigenvalue weighted by atomic mass is 9.76. The summed E-state index contributed by atoms with van der Waals surface area (Å²) in [6, 6.07) is 11.7. The monoisotopic (exact) mass is 286 g/mol. The van der Waals surface area contributed by atoms with Crippen molar-refractivity contribution in [2.75, 3.05) is 26.2 Å². The van der Waals surface area contributed by atoms with Gasteiger partial charge in [0.05, 0.1) is 0 Å². The van der Waals surface area contributed by atoms with E-state index in [4.69, 9.17) is 0 Å². The van der Waals surface area contributed by atoms with Gasteiger partial charge in [0.25, 0.3) is 0 Å². The maximum atomic E-state index is 3.74. The first-order valence-corrected chi connectivity index (χ1v) is 8.82. The molecular formula is C19H30N2. The average molecular weight is 286 g/mol. The van der Waals surface area contributed by atoms with E-state index < -0.39 is 0 Å². The number of hydrogen-bond donors (Lipinski definition) is 1. The highest BCUT2D eigenvalue weighted by molar-refractivity contribution is 5.22. The van der Waals surface area contributed by atoms with Gasteiger partial charge in [-0.2, -0.15) is 0 Å². The first-order chi connectivity index (χ1) is 10.3. The third-order valence-electron chi connectivity index (χ3n) is 5.37. The second-order valence-corrected chi connectivity index (χ2v) is 7.11. The van der Waals surface area contributed by atoms with Crippen LogP contribution in [0.2, 0.25) is 0 Å². The van der Waals surface area contributed by atoms with Gasteiger partial charge in [0, 0.05) is 6.04 Å². The molecule has 1 aromatic carbocycles. The molecule has 1 aliphatic carbocycles. The Balaban J connectivity index is 1.25. The summed E-state index contributed by atoms with van der Waals surface area (Å²) in [5.41, 5.74) is 1.53. The lowest BCUT2D eigenvalue weighted by Gasteiger charge is -2.37. The van der Waals surface area contributed by atoms with E-state index >= 15 is 0 Å². The van der Waals surface area contributed by atoms with E-state index in [1.165, 1.54) is 63.8 Å². The van der Waals surface area contributed by atoms with Gasteiger partial charge in [0.2, 0.25) is 0 Å². The molecule has 0 spiro atoms. The molecule has 2 nitrogen and oxygen atoms in total. The van der Waals surface area contributed by atoms with Crippen molar-refractivity contribution in [2.24, 2.45) is 5.92 Å². The normalized spacial score (nSPS) is 27.5. The second-order valence-electron chi connectivity index (χ2n) is 7.11. The van der Waals surface area contributed by atoms with Gasteiger partial charge in [-0.3, -0.25) is 0 Å². The smallest absolute Gasteiger partial charge is 0.00787 e. The summed E-state index contributed by atoms with van der Waals surface area (Å²) in [7, 11) is 0. The third-order valence-corrected chi connectivity index (χ3v) is 5.37. The van der Waals surface area contributed by atoms with Crippen LogP contribution >= 0.6 is 0 Å². The topological polar surface area (TPSA) is 15.3 Å². The minimum absolute atomic E-state index is 0.761. The molecule has 2 fully saturated rings. The van der Waals surface area contributed by atoms with E-state index in [9.17, 15) is 0 Å². The molecule has 0 unspecified atom stereocenters. The van der Waals surface area contributed by atoms with Crippen LogP contribution in [-0.2, 0) is 0 Å². The molecule has 0 radical (unpaired) electrons. The minimum atomic E-state index is 0.761. The Bertz CT molecular complexity index is 403. The third kappa shape index (κ3) is 4.31. The van der Waals surface area contributed by atoms with E-state index in [1.54, 1.807) is 0 Å². The maximum Gasteiger partial charge on any atom is 0.00787 e. The van der Waals surface area contributed by atoms with Crippen LogP contribution < -0.4 is 5.32 Å². The predicted molar refractivity (Wildman–Crippen MR) is 89.7 cm³/mol. The number of hydrogen-bond acceptors (Lipinski definition) is 2. The maximum absolute atomic E-state index is 3.74. The Labute approximate surface area is 129 Å². The van der Waals surface area contributed by atoms with Crippen LogP contribution in [0, 0.1) is 5.92 Å². The lowest BCUT2D eigenvalue weighted by Crippen LogP contribution is -2.41. The SMILES string of the molecule is CC1CCN(CCCNC2CC(c3ccccc3)C2)CC1. The molecular weight excluding hydrogens is 256 g/mol. The Morgan fingerprint density at radius 3 is 2.52 bits per heavy atom. The molecule has 2 heteroatoms. The van der Waals surface area contributed by atoms with Crippen molar-refractivity contribution in [1.29, 1.82) is 0 Å². The van der Waals surface area contributed by atoms with Gasteiger partial charge in [-0.1, -0.05) is 37.3 Å². The number of rotatable bonds is 6.